The van der Waals surface area contributed by atoms with Crippen LogP contribution in [0.5, 0.6) is 0 Å². The number of halogens is 1. The van der Waals surface area contributed by atoms with E-state index in [1.807, 2.05) is 30.3 Å². The summed E-state index contributed by atoms with van der Waals surface area (Å²) in [7, 11) is 0. The Morgan fingerprint density at radius 1 is 1.35 bits per heavy atom. The maximum atomic E-state index is 12.4. The van der Waals surface area contributed by atoms with Gasteiger partial charge in [-0.2, -0.15) is 0 Å². The fraction of sp³-hybridized carbons (Fsp3) is 0.529. The number of amides is 2. The number of nitrogens with zero attached hydrogens (tertiary/aromatic N) is 1. The van der Waals surface area contributed by atoms with E-state index in [4.69, 9.17) is 16.3 Å². The van der Waals surface area contributed by atoms with Gasteiger partial charge in [0, 0.05) is 19.0 Å². The molecule has 1 saturated heterocycles. The highest BCUT2D eigenvalue weighted by Gasteiger charge is 2.46. The summed E-state index contributed by atoms with van der Waals surface area (Å²) in [6.07, 6.45) is 1.70. The van der Waals surface area contributed by atoms with Crippen molar-refractivity contribution in [2.45, 2.75) is 38.3 Å². The predicted octanol–water partition coefficient (Wildman–Crippen LogP) is 2.92. The van der Waals surface area contributed by atoms with Crippen LogP contribution in [-0.2, 0) is 16.1 Å². The van der Waals surface area contributed by atoms with Crippen LogP contribution in [0.25, 0.3) is 0 Å². The zero-order valence-corrected chi connectivity index (χ0v) is 14.1. The molecule has 1 fully saturated rings. The van der Waals surface area contributed by atoms with Crippen LogP contribution >= 0.6 is 11.6 Å². The van der Waals surface area contributed by atoms with E-state index in [1.54, 1.807) is 6.92 Å². The lowest BCUT2D eigenvalue weighted by molar-refractivity contribution is -0.130. The second-order valence-electron chi connectivity index (χ2n) is 5.87. The van der Waals surface area contributed by atoms with Crippen LogP contribution in [0.2, 0.25) is 0 Å². The number of benzene rings is 1. The number of ether oxygens (including phenoxy) is 1. The molecule has 2 rings (SSSR count). The van der Waals surface area contributed by atoms with E-state index in [-0.39, 0.29) is 12.5 Å². The highest BCUT2D eigenvalue weighted by molar-refractivity contribution is 6.17. The SMILES string of the molecule is CC1(C(=O)NCCCCl)CCCN1C(=O)OCc1ccccc1. The van der Waals surface area contributed by atoms with Crippen LogP contribution in [-0.4, -0.2) is 41.4 Å². The van der Waals surface area contributed by atoms with Crippen molar-refractivity contribution in [3.05, 3.63) is 35.9 Å². The molecule has 0 radical (unpaired) electrons. The maximum absolute atomic E-state index is 12.4. The molecule has 1 aliphatic rings. The van der Waals surface area contributed by atoms with Crippen molar-refractivity contribution in [1.29, 1.82) is 0 Å². The molecule has 1 unspecified atom stereocenters. The fourth-order valence-corrected chi connectivity index (χ4v) is 2.88. The molecule has 1 N–H and O–H groups in total. The van der Waals surface area contributed by atoms with E-state index in [0.717, 1.165) is 12.0 Å². The van der Waals surface area contributed by atoms with Gasteiger partial charge in [-0.25, -0.2) is 4.79 Å². The van der Waals surface area contributed by atoms with Crippen LogP contribution in [0.15, 0.2) is 30.3 Å². The Labute approximate surface area is 141 Å². The standard InChI is InChI=1S/C17H23ClN2O3/c1-17(15(21)19-11-6-10-18)9-5-12-20(17)16(22)23-13-14-7-3-2-4-8-14/h2-4,7-8H,5-6,9-13H2,1H3,(H,19,21). The van der Waals surface area contributed by atoms with Crippen molar-refractivity contribution >= 4 is 23.6 Å². The van der Waals surface area contributed by atoms with Crippen LogP contribution in [0, 0.1) is 0 Å². The Kier molecular flexibility index (Phi) is 6.28. The average molecular weight is 339 g/mol. The molecule has 6 heteroatoms. The molecule has 1 heterocycles. The molecule has 2 amide bonds. The summed E-state index contributed by atoms with van der Waals surface area (Å²) >= 11 is 5.62. The highest BCUT2D eigenvalue weighted by Crippen LogP contribution is 2.30. The number of likely N-dealkylation sites (tertiary alicyclic amines) is 1. The zero-order valence-electron chi connectivity index (χ0n) is 13.4. The van der Waals surface area contributed by atoms with Gasteiger partial charge in [0.1, 0.15) is 12.1 Å². The number of carbonyl (C=O) groups excluding carboxylic acids is 2. The Bertz CT molecular complexity index is 538. The van der Waals surface area contributed by atoms with Crippen molar-refractivity contribution in [3.8, 4) is 0 Å². The van der Waals surface area contributed by atoms with E-state index in [9.17, 15) is 9.59 Å². The molecular weight excluding hydrogens is 316 g/mol. The summed E-state index contributed by atoms with van der Waals surface area (Å²) in [5.41, 5.74) is 0.0772. The van der Waals surface area contributed by atoms with Gasteiger partial charge >= 0.3 is 6.09 Å². The summed E-state index contributed by atoms with van der Waals surface area (Å²) in [5, 5.41) is 2.85. The Balaban J connectivity index is 1.94. The first-order chi connectivity index (χ1) is 11.1. The average Bonchev–Trinajstić information content (AvgIpc) is 2.97. The first-order valence-corrected chi connectivity index (χ1v) is 8.44. The maximum Gasteiger partial charge on any atom is 0.410 e. The van der Waals surface area contributed by atoms with Gasteiger partial charge in [0.15, 0.2) is 0 Å². The van der Waals surface area contributed by atoms with Gasteiger partial charge in [-0.05, 0) is 31.7 Å². The van der Waals surface area contributed by atoms with Crippen molar-refractivity contribution in [3.63, 3.8) is 0 Å². The van der Waals surface area contributed by atoms with Gasteiger partial charge in [0.05, 0.1) is 0 Å². The van der Waals surface area contributed by atoms with Crippen molar-refractivity contribution in [1.82, 2.24) is 10.2 Å². The van der Waals surface area contributed by atoms with Crippen molar-refractivity contribution < 1.29 is 14.3 Å². The molecule has 0 aromatic heterocycles. The molecule has 1 aromatic carbocycles. The Morgan fingerprint density at radius 3 is 2.78 bits per heavy atom. The topological polar surface area (TPSA) is 58.6 Å². The molecule has 1 aromatic rings. The smallest absolute Gasteiger partial charge is 0.410 e. The molecule has 0 bridgehead atoms. The van der Waals surface area contributed by atoms with E-state index in [1.165, 1.54) is 4.90 Å². The number of nitrogens with one attached hydrogen (secondary N) is 1. The summed E-state index contributed by atoms with van der Waals surface area (Å²) in [4.78, 5) is 26.3. The largest absolute Gasteiger partial charge is 0.445 e. The first-order valence-electron chi connectivity index (χ1n) is 7.90. The van der Waals surface area contributed by atoms with Crippen molar-refractivity contribution in [2.24, 2.45) is 0 Å². The van der Waals surface area contributed by atoms with Crippen LogP contribution in [0.4, 0.5) is 4.79 Å². The number of hydrogen-bond acceptors (Lipinski definition) is 3. The quantitative estimate of drug-likeness (QED) is 0.641. The number of hydrogen-bond donors (Lipinski definition) is 1. The molecule has 0 aliphatic carbocycles. The summed E-state index contributed by atoms with van der Waals surface area (Å²) in [6.45, 7) is 3.05. The third-order valence-corrected chi connectivity index (χ3v) is 4.42. The Hall–Kier alpha value is -1.75. The van der Waals surface area contributed by atoms with Gasteiger partial charge in [0.25, 0.3) is 0 Å². The monoisotopic (exact) mass is 338 g/mol. The zero-order chi connectivity index (χ0) is 16.7. The van der Waals surface area contributed by atoms with Crippen molar-refractivity contribution in [2.75, 3.05) is 19.0 Å². The Morgan fingerprint density at radius 2 is 2.09 bits per heavy atom. The van der Waals surface area contributed by atoms with Gasteiger partial charge in [-0.15, -0.1) is 11.6 Å². The van der Waals surface area contributed by atoms with Crippen LogP contribution < -0.4 is 5.32 Å². The third-order valence-electron chi connectivity index (χ3n) is 4.15. The molecule has 1 aliphatic heterocycles. The van der Waals surface area contributed by atoms with E-state index < -0.39 is 11.6 Å². The molecule has 5 nitrogen and oxygen atoms in total. The van der Waals surface area contributed by atoms with Crippen LogP contribution in [0.1, 0.15) is 31.7 Å². The minimum atomic E-state index is -0.847. The van der Waals surface area contributed by atoms with E-state index >= 15 is 0 Å². The molecule has 126 valence electrons. The first kappa shape index (κ1) is 17.6. The number of carbonyl (C=O) groups is 2. The normalized spacial score (nSPS) is 20.3. The second kappa shape index (κ2) is 8.20. The number of rotatable bonds is 6. The molecule has 0 saturated carbocycles. The molecule has 1 atom stereocenters. The van der Waals surface area contributed by atoms with E-state index in [2.05, 4.69) is 5.32 Å². The number of alkyl halides is 1. The summed E-state index contributed by atoms with van der Waals surface area (Å²) < 4.78 is 5.37. The molecule has 0 spiro atoms. The van der Waals surface area contributed by atoms with Gasteiger partial charge in [-0.1, -0.05) is 30.3 Å². The lowest BCUT2D eigenvalue weighted by Gasteiger charge is -2.33. The third kappa shape index (κ3) is 4.38. The highest BCUT2D eigenvalue weighted by atomic mass is 35.5. The van der Waals surface area contributed by atoms with Gasteiger partial charge in [0.2, 0.25) is 5.91 Å². The second-order valence-corrected chi connectivity index (χ2v) is 6.25. The lowest BCUT2D eigenvalue weighted by Crippen LogP contribution is -2.55. The predicted molar refractivity (Wildman–Crippen MR) is 89.3 cm³/mol. The van der Waals surface area contributed by atoms with Gasteiger partial charge < -0.3 is 10.1 Å². The molecule has 23 heavy (non-hydrogen) atoms. The van der Waals surface area contributed by atoms with E-state index in [0.29, 0.717) is 31.8 Å². The molecular formula is C17H23ClN2O3. The minimum absolute atomic E-state index is 0.142. The lowest BCUT2D eigenvalue weighted by atomic mass is 9.98. The summed E-state index contributed by atoms with van der Waals surface area (Å²) in [5.74, 6) is 0.358. The minimum Gasteiger partial charge on any atom is -0.445 e. The summed E-state index contributed by atoms with van der Waals surface area (Å²) in [6, 6.07) is 9.50. The fourth-order valence-electron chi connectivity index (χ4n) is 2.75. The van der Waals surface area contributed by atoms with Crippen LogP contribution in [0.3, 0.4) is 0 Å². The van der Waals surface area contributed by atoms with Gasteiger partial charge in [-0.3, -0.25) is 9.69 Å².